The summed E-state index contributed by atoms with van der Waals surface area (Å²) in [5.74, 6) is 0.000360. The first kappa shape index (κ1) is 24.2. The van der Waals surface area contributed by atoms with Crippen molar-refractivity contribution in [3.05, 3.63) is 35.9 Å². The van der Waals surface area contributed by atoms with Crippen LogP contribution in [0.25, 0.3) is 0 Å². The van der Waals surface area contributed by atoms with Gasteiger partial charge in [0.1, 0.15) is 6.04 Å². The van der Waals surface area contributed by atoms with E-state index >= 15 is 0 Å². The van der Waals surface area contributed by atoms with Crippen LogP contribution in [0.1, 0.15) is 61.0 Å². The smallest absolute Gasteiger partial charge is 0.243 e. The van der Waals surface area contributed by atoms with Gasteiger partial charge in [-0.3, -0.25) is 9.59 Å². The monoisotopic (exact) mass is 389 g/mol. The Kier molecular flexibility index (Phi) is 8.24. The van der Waals surface area contributed by atoms with E-state index in [-0.39, 0.29) is 17.9 Å². The Morgan fingerprint density at radius 1 is 0.821 bits per heavy atom. The average Bonchev–Trinajstić information content (AvgIpc) is 2.59. The van der Waals surface area contributed by atoms with E-state index in [2.05, 4.69) is 29.8 Å². The van der Waals surface area contributed by atoms with Crippen molar-refractivity contribution in [3.8, 4) is 0 Å². The van der Waals surface area contributed by atoms with Crippen molar-refractivity contribution < 1.29 is 9.59 Å². The average molecular weight is 390 g/mol. The number of likely N-dealkylation sites (N-methyl/N-ethyl adjacent to an activating group) is 1. The summed E-state index contributed by atoms with van der Waals surface area (Å²) >= 11 is 0. The van der Waals surface area contributed by atoms with Crippen molar-refractivity contribution in [2.45, 2.75) is 78.9 Å². The highest BCUT2D eigenvalue weighted by Crippen LogP contribution is 2.28. The van der Waals surface area contributed by atoms with Gasteiger partial charge in [-0.25, -0.2) is 0 Å². The maximum Gasteiger partial charge on any atom is 0.243 e. The van der Waals surface area contributed by atoms with E-state index in [0.29, 0.717) is 5.92 Å². The topological polar surface area (TPSA) is 70.2 Å². The first-order chi connectivity index (χ1) is 12.8. The molecule has 0 radical (unpaired) electrons. The Bertz CT molecular complexity index is 648. The molecule has 0 aliphatic heterocycles. The molecule has 1 aromatic rings. The quantitative estimate of drug-likeness (QED) is 0.639. The maximum atomic E-state index is 13.2. The molecular weight excluding hydrogens is 350 g/mol. The van der Waals surface area contributed by atoms with E-state index in [9.17, 15) is 9.59 Å². The van der Waals surface area contributed by atoms with Gasteiger partial charge in [0, 0.05) is 11.5 Å². The lowest BCUT2D eigenvalue weighted by Crippen LogP contribution is -2.61. The Hall–Kier alpha value is -1.88. The molecule has 158 valence electrons. The predicted molar refractivity (Wildman–Crippen MR) is 116 cm³/mol. The predicted octanol–water partition coefficient (Wildman–Crippen LogP) is 3.24. The van der Waals surface area contributed by atoms with Crippen LogP contribution in [0.3, 0.4) is 0 Å². The van der Waals surface area contributed by atoms with Gasteiger partial charge in [0.25, 0.3) is 0 Å². The van der Waals surface area contributed by atoms with Gasteiger partial charge in [0.2, 0.25) is 11.8 Å². The summed E-state index contributed by atoms with van der Waals surface area (Å²) < 4.78 is 0. The van der Waals surface area contributed by atoms with E-state index < -0.39 is 22.9 Å². The molecule has 28 heavy (non-hydrogen) atoms. The van der Waals surface area contributed by atoms with Crippen LogP contribution in [0.4, 0.5) is 0 Å². The molecule has 0 spiro atoms. The molecule has 0 aromatic heterocycles. The minimum absolute atomic E-state index is 0.0371. The van der Waals surface area contributed by atoms with Crippen LogP contribution in [0, 0.1) is 11.3 Å². The van der Waals surface area contributed by atoms with Gasteiger partial charge in [-0.15, -0.1) is 0 Å². The number of rotatable bonds is 8. The number of carbonyl (C=O) groups is 2. The Morgan fingerprint density at radius 2 is 1.32 bits per heavy atom. The standard InChI is InChI=1S/C23H39N3O2/c1-15(2)16(3)25-20(27)18(22(4,5)6)26-21(28)19(24-9)23(7,8)17-13-11-10-12-14-17/h10-16,18-19,24H,1-9H3,(H,25,27)(H,26,28)/t16-,18?,19?/m1/s1. The molecule has 0 aliphatic carbocycles. The van der Waals surface area contributed by atoms with E-state index in [1.807, 2.05) is 71.9 Å². The fraction of sp³-hybridized carbons (Fsp3) is 0.652. The van der Waals surface area contributed by atoms with E-state index in [1.165, 1.54) is 0 Å². The summed E-state index contributed by atoms with van der Waals surface area (Å²) in [7, 11) is 1.78. The second-order valence-corrected chi connectivity index (χ2v) is 9.66. The molecule has 5 nitrogen and oxygen atoms in total. The van der Waals surface area contributed by atoms with Crippen LogP contribution in [0.2, 0.25) is 0 Å². The summed E-state index contributed by atoms with van der Waals surface area (Å²) in [6.07, 6.45) is 0. The van der Waals surface area contributed by atoms with Gasteiger partial charge >= 0.3 is 0 Å². The molecule has 3 N–H and O–H groups in total. The van der Waals surface area contributed by atoms with Crippen molar-refractivity contribution in [1.29, 1.82) is 0 Å². The Morgan fingerprint density at radius 3 is 1.75 bits per heavy atom. The second-order valence-electron chi connectivity index (χ2n) is 9.66. The van der Waals surface area contributed by atoms with Crippen molar-refractivity contribution in [1.82, 2.24) is 16.0 Å². The van der Waals surface area contributed by atoms with Crippen molar-refractivity contribution in [3.63, 3.8) is 0 Å². The van der Waals surface area contributed by atoms with Crippen LogP contribution < -0.4 is 16.0 Å². The molecule has 2 amide bonds. The lowest BCUT2D eigenvalue weighted by Gasteiger charge is -2.37. The first-order valence-electron chi connectivity index (χ1n) is 10.2. The molecule has 0 fully saturated rings. The summed E-state index contributed by atoms with van der Waals surface area (Å²) in [6, 6.07) is 8.89. The third kappa shape index (κ3) is 6.06. The molecule has 0 aliphatic rings. The molecule has 0 saturated heterocycles. The molecule has 1 aromatic carbocycles. The number of amides is 2. The molecule has 0 heterocycles. The van der Waals surface area contributed by atoms with Crippen LogP contribution in [0.15, 0.2) is 30.3 Å². The van der Waals surface area contributed by atoms with Crippen LogP contribution in [-0.2, 0) is 15.0 Å². The lowest BCUT2D eigenvalue weighted by atomic mass is 9.76. The normalized spacial score (nSPS) is 15.6. The van der Waals surface area contributed by atoms with Gasteiger partial charge in [0.05, 0.1) is 6.04 Å². The second kappa shape index (κ2) is 9.55. The first-order valence-corrected chi connectivity index (χ1v) is 10.2. The van der Waals surface area contributed by atoms with E-state index in [0.717, 1.165) is 5.56 Å². The third-order valence-electron chi connectivity index (χ3n) is 5.58. The van der Waals surface area contributed by atoms with Crippen molar-refractivity contribution >= 4 is 11.8 Å². The molecule has 3 atom stereocenters. The fourth-order valence-corrected chi connectivity index (χ4v) is 3.23. The van der Waals surface area contributed by atoms with Crippen LogP contribution >= 0.6 is 0 Å². The molecule has 0 bridgehead atoms. The van der Waals surface area contributed by atoms with Crippen LogP contribution in [0.5, 0.6) is 0 Å². The summed E-state index contributed by atoms with van der Waals surface area (Å²) in [6.45, 7) is 16.1. The Labute approximate surface area is 171 Å². The van der Waals surface area contributed by atoms with Gasteiger partial charge in [0.15, 0.2) is 0 Å². The number of nitrogens with one attached hydrogen (secondary N) is 3. The molecule has 0 saturated carbocycles. The minimum atomic E-state index is -0.622. The van der Waals surface area contributed by atoms with Gasteiger partial charge in [-0.1, -0.05) is 78.8 Å². The largest absolute Gasteiger partial charge is 0.352 e. The van der Waals surface area contributed by atoms with Crippen molar-refractivity contribution in [2.24, 2.45) is 11.3 Å². The maximum absolute atomic E-state index is 13.2. The summed E-state index contributed by atoms with van der Waals surface area (Å²) in [5.41, 5.74) is 0.213. The fourth-order valence-electron chi connectivity index (χ4n) is 3.23. The third-order valence-corrected chi connectivity index (χ3v) is 5.58. The van der Waals surface area contributed by atoms with Gasteiger partial charge in [-0.2, -0.15) is 0 Å². The van der Waals surface area contributed by atoms with Crippen LogP contribution in [-0.4, -0.2) is 37.0 Å². The zero-order chi connectivity index (χ0) is 21.7. The lowest BCUT2D eigenvalue weighted by molar-refractivity contribution is -0.133. The number of hydrogen-bond acceptors (Lipinski definition) is 3. The van der Waals surface area contributed by atoms with Crippen molar-refractivity contribution in [2.75, 3.05) is 7.05 Å². The van der Waals surface area contributed by atoms with Gasteiger partial charge < -0.3 is 16.0 Å². The highest BCUT2D eigenvalue weighted by atomic mass is 16.2. The summed E-state index contributed by atoms with van der Waals surface area (Å²) in [5, 5.41) is 9.21. The van der Waals surface area contributed by atoms with E-state index in [4.69, 9.17) is 0 Å². The SMILES string of the molecule is CNC(C(=O)NC(C(=O)N[C@H](C)C(C)C)C(C)(C)C)C(C)(C)c1ccccc1. The minimum Gasteiger partial charge on any atom is -0.352 e. The zero-order valence-corrected chi connectivity index (χ0v) is 19.0. The molecule has 2 unspecified atom stereocenters. The number of benzene rings is 1. The highest BCUT2D eigenvalue weighted by molar-refractivity contribution is 5.91. The molecule has 5 heteroatoms. The number of carbonyl (C=O) groups excluding carboxylic acids is 2. The Balaban J connectivity index is 3.07. The molecular formula is C23H39N3O2. The highest BCUT2D eigenvalue weighted by Gasteiger charge is 2.40. The van der Waals surface area contributed by atoms with Gasteiger partial charge in [-0.05, 0) is 30.9 Å². The number of hydrogen-bond donors (Lipinski definition) is 3. The zero-order valence-electron chi connectivity index (χ0n) is 19.0. The molecule has 1 rings (SSSR count). The summed E-state index contributed by atoms with van der Waals surface area (Å²) in [4.78, 5) is 26.1. The van der Waals surface area contributed by atoms with E-state index in [1.54, 1.807) is 7.05 Å².